The number of methoxy groups -OCH3 is 1. The molecule has 0 bridgehead atoms. The Kier molecular flexibility index (Phi) is 2.67. The maximum Gasteiger partial charge on any atom is 0.351 e. The van der Waals surface area contributed by atoms with E-state index in [-0.39, 0.29) is 12.4 Å². The molecule has 1 aromatic rings. The molecule has 0 radical (unpaired) electrons. The number of hydrogen-bond acceptors (Lipinski definition) is 6. The quantitative estimate of drug-likeness (QED) is 0.698. The molecule has 0 aliphatic carbocycles. The summed E-state index contributed by atoms with van der Waals surface area (Å²) < 4.78 is 16.5. The van der Waals surface area contributed by atoms with E-state index in [0.717, 1.165) is 0 Å². The van der Waals surface area contributed by atoms with E-state index in [1.165, 1.54) is 23.9 Å². The number of ether oxygens (including phenoxy) is 3. The zero-order valence-electron chi connectivity index (χ0n) is 8.12. The second kappa shape index (κ2) is 3.97. The minimum atomic E-state index is -0.737. The van der Waals surface area contributed by atoms with Crippen LogP contribution in [0.25, 0.3) is 0 Å². The first kappa shape index (κ1) is 10.1. The van der Waals surface area contributed by atoms with Crippen molar-refractivity contribution in [1.82, 2.24) is 9.55 Å². The van der Waals surface area contributed by atoms with Crippen LogP contribution >= 0.6 is 0 Å². The maximum atomic E-state index is 11.4. The largest absolute Gasteiger partial charge is 0.383 e. The molecule has 82 valence electrons. The van der Waals surface area contributed by atoms with E-state index < -0.39 is 18.4 Å². The van der Waals surface area contributed by atoms with E-state index in [4.69, 9.17) is 19.9 Å². The van der Waals surface area contributed by atoms with Crippen molar-refractivity contribution >= 4 is 5.82 Å². The molecule has 1 fully saturated rings. The lowest BCUT2D eigenvalue weighted by molar-refractivity contribution is -0.229. The Hall–Kier alpha value is -1.44. The Bertz CT molecular complexity index is 405. The highest BCUT2D eigenvalue weighted by Gasteiger charge is 2.27. The lowest BCUT2D eigenvalue weighted by Gasteiger charge is -2.11. The lowest BCUT2D eigenvalue weighted by Crippen LogP contribution is -2.28. The minimum Gasteiger partial charge on any atom is -0.383 e. The number of nitrogens with two attached hydrogens (primary N) is 1. The van der Waals surface area contributed by atoms with Crippen LogP contribution in [0.2, 0.25) is 0 Å². The van der Waals surface area contributed by atoms with Gasteiger partial charge in [-0.25, -0.2) is 4.79 Å². The van der Waals surface area contributed by atoms with Crippen molar-refractivity contribution in [1.29, 1.82) is 0 Å². The van der Waals surface area contributed by atoms with Crippen molar-refractivity contribution in [2.45, 2.75) is 12.7 Å². The first-order valence-electron chi connectivity index (χ1n) is 4.35. The van der Waals surface area contributed by atoms with Crippen LogP contribution in [0, 0.1) is 0 Å². The summed E-state index contributed by atoms with van der Waals surface area (Å²) in [6.45, 7) is -0.497. The number of aromatic nitrogens is 2. The lowest BCUT2D eigenvalue weighted by atomic mass is 10.5. The SMILES string of the molecule is COC1OCC(n2ccc(N)nc2=O)O1. The van der Waals surface area contributed by atoms with Crippen molar-refractivity contribution in [3.05, 3.63) is 22.7 Å². The van der Waals surface area contributed by atoms with Gasteiger partial charge in [0.2, 0.25) is 0 Å². The topological polar surface area (TPSA) is 88.6 Å². The second-order valence-corrected chi connectivity index (χ2v) is 2.99. The Labute approximate surface area is 85.4 Å². The Balaban J connectivity index is 2.20. The molecule has 0 amide bonds. The summed E-state index contributed by atoms with van der Waals surface area (Å²) in [6.07, 6.45) is 0.993. The maximum absolute atomic E-state index is 11.4. The van der Waals surface area contributed by atoms with Crippen LogP contribution in [0.5, 0.6) is 0 Å². The van der Waals surface area contributed by atoms with Gasteiger partial charge >= 0.3 is 5.69 Å². The first-order valence-corrected chi connectivity index (χ1v) is 4.35. The first-order chi connectivity index (χ1) is 7.20. The van der Waals surface area contributed by atoms with Gasteiger partial charge in [-0.2, -0.15) is 4.98 Å². The zero-order chi connectivity index (χ0) is 10.8. The Morgan fingerprint density at radius 1 is 1.73 bits per heavy atom. The van der Waals surface area contributed by atoms with E-state index >= 15 is 0 Å². The summed E-state index contributed by atoms with van der Waals surface area (Å²) in [7, 11) is 1.46. The number of nitrogens with zero attached hydrogens (tertiary/aromatic N) is 2. The molecule has 2 N–H and O–H groups in total. The van der Waals surface area contributed by atoms with Gasteiger partial charge < -0.3 is 19.9 Å². The molecule has 2 atom stereocenters. The predicted octanol–water partition coefficient (Wildman–Crippen LogP) is -0.699. The van der Waals surface area contributed by atoms with Crippen LogP contribution in [0.3, 0.4) is 0 Å². The fraction of sp³-hybridized carbons (Fsp3) is 0.500. The van der Waals surface area contributed by atoms with Crippen LogP contribution in [-0.2, 0) is 14.2 Å². The summed E-state index contributed by atoms with van der Waals surface area (Å²) in [5.74, 6) is 0.179. The fourth-order valence-electron chi connectivity index (χ4n) is 1.28. The predicted molar refractivity (Wildman–Crippen MR) is 49.8 cm³/mol. The van der Waals surface area contributed by atoms with E-state index in [1.807, 2.05) is 0 Å². The third kappa shape index (κ3) is 1.99. The minimum absolute atomic E-state index is 0.179. The third-order valence-corrected chi connectivity index (χ3v) is 2.00. The van der Waals surface area contributed by atoms with Crippen molar-refractivity contribution in [2.24, 2.45) is 0 Å². The zero-order valence-corrected chi connectivity index (χ0v) is 8.12. The molecule has 15 heavy (non-hydrogen) atoms. The van der Waals surface area contributed by atoms with Crippen molar-refractivity contribution in [2.75, 3.05) is 19.5 Å². The number of nitrogen functional groups attached to an aromatic ring is 1. The molecule has 7 heteroatoms. The molecule has 1 aliphatic rings. The van der Waals surface area contributed by atoms with Crippen molar-refractivity contribution in [3.8, 4) is 0 Å². The summed E-state index contributed by atoms with van der Waals surface area (Å²) in [4.78, 5) is 15.0. The average molecular weight is 213 g/mol. The number of rotatable bonds is 2. The Morgan fingerprint density at radius 3 is 3.13 bits per heavy atom. The second-order valence-electron chi connectivity index (χ2n) is 2.99. The Morgan fingerprint density at radius 2 is 2.53 bits per heavy atom. The van der Waals surface area contributed by atoms with Gasteiger partial charge in [0.15, 0.2) is 6.23 Å². The molecule has 0 aromatic carbocycles. The van der Waals surface area contributed by atoms with Gasteiger partial charge in [0.1, 0.15) is 5.82 Å². The van der Waals surface area contributed by atoms with Crippen molar-refractivity contribution in [3.63, 3.8) is 0 Å². The van der Waals surface area contributed by atoms with Gasteiger partial charge in [-0.1, -0.05) is 0 Å². The van der Waals surface area contributed by atoms with Gasteiger partial charge in [-0.05, 0) is 6.07 Å². The van der Waals surface area contributed by atoms with Gasteiger partial charge in [0.05, 0.1) is 6.61 Å². The van der Waals surface area contributed by atoms with Gasteiger partial charge in [-0.15, -0.1) is 0 Å². The molecule has 0 spiro atoms. The molecular formula is C8H11N3O4. The number of anilines is 1. The summed E-state index contributed by atoms with van der Waals surface area (Å²) in [5, 5.41) is 0. The summed E-state index contributed by atoms with van der Waals surface area (Å²) >= 11 is 0. The highest BCUT2D eigenvalue weighted by atomic mass is 16.9. The van der Waals surface area contributed by atoms with E-state index in [0.29, 0.717) is 0 Å². The molecule has 2 heterocycles. The molecule has 0 saturated carbocycles. The van der Waals surface area contributed by atoms with E-state index in [9.17, 15) is 4.79 Å². The van der Waals surface area contributed by atoms with Crippen LogP contribution < -0.4 is 11.4 Å². The van der Waals surface area contributed by atoms with Gasteiger partial charge in [0.25, 0.3) is 6.48 Å². The fourth-order valence-corrected chi connectivity index (χ4v) is 1.28. The van der Waals surface area contributed by atoms with Crippen LogP contribution in [-0.4, -0.2) is 29.7 Å². The molecular weight excluding hydrogens is 202 g/mol. The molecule has 7 nitrogen and oxygen atoms in total. The smallest absolute Gasteiger partial charge is 0.351 e. The highest BCUT2D eigenvalue weighted by Crippen LogP contribution is 2.19. The average Bonchev–Trinajstić information content (AvgIpc) is 2.66. The van der Waals surface area contributed by atoms with Crippen LogP contribution in [0.15, 0.2) is 17.1 Å². The molecule has 1 saturated heterocycles. The molecule has 2 unspecified atom stereocenters. The number of hydrogen-bond donors (Lipinski definition) is 1. The normalized spacial score (nSPS) is 25.7. The summed E-state index contributed by atoms with van der Waals surface area (Å²) in [5.41, 5.74) is 4.89. The van der Waals surface area contributed by atoms with Crippen molar-refractivity contribution < 1.29 is 14.2 Å². The molecule has 2 rings (SSSR count). The highest BCUT2D eigenvalue weighted by molar-refractivity contribution is 5.23. The third-order valence-electron chi connectivity index (χ3n) is 2.00. The molecule has 1 aromatic heterocycles. The van der Waals surface area contributed by atoms with Gasteiger partial charge in [0, 0.05) is 13.3 Å². The standard InChI is InChI=1S/C8H11N3O4/c1-13-8-14-4-6(15-8)11-3-2-5(9)10-7(11)12/h2-3,6,8H,4H2,1H3,(H2,9,10,12). The summed E-state index contributed by atoms with van der Waals surface area (Å²) in [6, 6.07) is 1.52. The van der Waals surface area contributed by atoms with Crippen LogP contribution in [0.4, 0.5) is 5.82 Å². The van der Waals surface area contributed by atoms with E-state index in [1.54, 1.807) is 0 Å². The van der Waals surface area contributed by atoms with Gasteiger partial charge in [-0.3, -0.25) is 4.57 Å². The monoisotopic (exact) mass is 213 g/mol. The van der Waals surface area contributed by atoms with E-state index in [2.05, 4.69) is 4.98 Å². The van der Waals surface area contributed by atoms with Crippen LogP contribution in [0.1, 0.15) is 6.23 Å². The molecule has 1 aliphatic heterocycles.